The highest BCUT2D eigenvalue weighted by Crippen LogP contribution is 2.34. The maximum Gasteiger partial charge on any atom is 0.337 e. The van der Waals surface area contributed by atoms with Gasteiger partial charge in [0.2, 0.25) is 6.79 Å². The van der Waals surface area contributed by atoms with Crippen molar-refractivity contribution in [2.24, 2.45) is 0 Å². The molecule has 7 nitrogen and oxygen atoms in total. The second kappa shape index (κ2) is 8.05. The lowest BCUT2D eigenvalue weighted by Crippen LogP contribution is -2.08. The highest BCUT2D eigenvalue weighted by atomic mass is 35.5. The van der Waals surface area contributed by atoms with Gasteiger partial charge in [-0.25, -0.2) is 14.8 Å². The van der Waals surface area contributed by atoms with Gasteiger partial charge in [0.1, 0.15) is 4.83 Å². The van der Waals surface area contributed by atoms with E-state index < -0.39 is 5.97 Å². The van der Waals surface area contributed by atoms with Gasteiger partial charge in [-0.05, 0) is 47.7 Å². The van der Waals surface area contributed by atoms with Gasteiger partial charge in [-0.1, -0.05) is 17.7 Å². The molecule has 9 heteroatoms. The Labute approximate surface area is 186 Å². The zero-order chi connectivity index (χ0) is 21.4. The van der Waals surface area contributed by atoms with E-state index in [1.165, 1.54) is 11.3 Å². The number of thiophene rings is 1. The van der Waals surface area contributed by atoms with E-state index in [4.69, 9.17) is 21.1 Å². The molecule has 3 heterocycles. The minimum atomic E-state index is -1.12. The molecule has 1 aliphatic rings. The zero-order valence-electron chi connectivity index (χ0n) is 16.1. The number of hydrogen-bond acceptors (Lipinski definition) is 7. The Morgan fingerprint density at radius 1 is 1.19 bits per heavy atom. The van der Waals surface area contributed by atoms with E-state index in [1.54, 1.807) is 18.3 Å². The minimum Gasteiger partial charge on any atom is -0.478 e. The summed E-state index contributed by atoms with van der Waals surface area (Å²) in [6.45, 7) is 0.861. The van der Waals surface area contributed by atoms with Crippen LogP contribution in [-0.2, 0) is 6.42 Å². The van der Waals surface area contributed by atoms with Crippen LogP contribution in [-0.4, -0.2) is 34.4 Å². The summed E-state index contributed by atoms with van der Waals surface area (Å²) < 4.78 is 10.8. The maximum atomic E-state index is 11.9. The first kappa shape index (κ1) is 19.6. The van der Waals surface area contributed by atoms with Gasteiger partial charge in [0, 0.05) is 29.4 Å². The normalized spacial score (nSPS) is 12.3. The highest BCUT2D eigenvalue weighted by Gasteiger charge is 2.20. The Morgan fingerprint density at radius 3 is 2.94 bits per heavy atom. The third-order valence-electron chi connectivity index (χ3n) is 4.93. The van der Waals surface area contributed by atoms with Crippen molar-refractivity contribution in [3.05, 3.63) is 64.1 Å². The van der Waals surface area contributed by atoms with Crippen molar-refractivity contribution in [2.75, 3.05) is 18.7 Å². The number of rotatable bonds is 6. The number of hydrogen-bond donors (Lipinski definition) is 2. The fourth-order valence-corrected chi connectivity index (χ4v) is 4.48. The number of ether oxygens (including phenoxy) is 2. The molecule has 0 unspecified atom stereocenters. The van der Waals surface area contributed by atoms with Crippen molar-refractivity contribution in [1.29, 1.82) is 0 Å². The fraction of sp³-hybridized carbons (Fsp3) is 0.136. The zero-order valence-corrected chi connectivity index (χ0v) is 17.7. The number of aromatic nitrogens is 2. The van der Waals surface area contributed by atoms with Crippen LogP contribution in [0.15, 0.2) is 48.0 Å². The summed E-state index contributed by atoms with van der Waals surface area (Å²) in [5.41, 5.74) is 2.15. The van der Waals surface area contributed by atoms with Gasteiger partial charge in [0.05, 0.1) is 10.6 Å². The summed E-state index contributed by atoms with van der Waals surface area (Å²) in [5.74, 6) is 0.699. The molecule has 1 aliphatic heterocycles. The standard InChI is InChI=1S/C22H16ClN3O4S/c23-16-9-14(24-5-3-12-1-2-17-18(7-12)30-11-29-17)8-15(19(16)22(27)28)20-25-10-13-4-6-31-21(13)26-20/h1-2,4,6-10,24H,3,5,11H2,(H,27,28). The molecule has 0 spiro atoms. The van der Waals surface area contributed by atoms with Crippen molar-refractivity contribution < 1.29 is 19.4 Å². The molecule has 2 aromatic heterocycles. The molecule has 0 fully saturated rings. The summed E-state index contributed by atoms with van der Waals surface area (Å²) in [6, 6.07) is 11.1. The molecule has 156 valence electrons. The summed E-state index contributed by atoms with van der Waals surface area (Å²) in [6.07, 6.45) is 2.43. The summed E-state index contributed by atoms with van der Waals surface area (Å²) in [4.78, 5) is 21.5. The van der Waals surface area contributed by atoms with Crippen molar-refractivity contribution >= 4 is 44.8 Å². The number of nitrogens with zero attached hydrogens (tertiary/aromatic N) is 2. The minimum absolute atomic E-state index is 0.0149. The van der Waals surface area contributed by atoms with Gasteiger partial charge in [0.15, 0.2) is 17.3 Å². The number of carboxylic acid groups (broad SMARTS) is 1. The average Bonchev–Trinajstić information content (AvgIpc) is 3.41. The number of carbonyl (C=O) groups is 1. The van der Waals surface area contributed by atoms with E-state index in [1.807, 2.05) is 29.6 Å². The molecule has 0 bridgehead atoms. The monoisotopic (exact) mass is 453 g/mol. The average molecular weight is 454 g/mol. The van der Waals surface area contributed by atoms with Crippen molar-refractivity contribution in [2.45, 2.75) is 6.42 Å². The van der Waals surface area contributed by atoms with Crippen LogP contribution >= 0.6 is 22.9 Å². The number of fused-ring (bicyclic) bond motifs is 2. The van der Waals surface area contributed by atoms with E-state index in [0.29, 0.717) is 23.6 Å². The SMILES string of the molecule is O=C(O)c1c(Cl)cc(NCCc2ccc3c(c2)OCO3)cc1-c1ncc2ccsc2n1. The maximum absolute atomic E-state index is 11.9. The van der Waals surface area contributed by atoms with Crippen LogP contribution in [0.5, 0.6) is 11.5 Å². The lowest BCUT2D eigenvalue weighted by atomic mass is 10.0. The molecular weight excluding hydrogens is 438 g/mol. The van der Waals surface area contributed by atoms with Crippen molar-refractivity contribution in [1.82, 2.24) is 9.97 Å². The Morgan fingerprint density at radius 2 is 2.06 bits per heavy atom. The molecular formula is C22H16ClN3O4S. The van der Waals surface area contributed by atoms with Crippen LogP contribution < -0.4 is 14.8 Å². The van der Waals surface area contributed by atoms with E-state index >= 15 is 0 Å². The largest absolute Gasteiger partial charge is 0.478 e. The second-order valence-corrected chi connectivity index (χ2v) is 8.23. The Balaban J connectivity index is 1.40. The van der Waals surface area contributed by atoms with Gasteiger partial charge in [-0.15, -0.1) is 11.3 Å². The first-order valence-corrected chi connectivity index (χ1v) is 10.7. The van der Waals surface area contributed by atoms with Gasteiger partial charge >= 0.3 is 5.97 Å². The lowest BCUT2D eigenvalue weighted by molar-refractivity contribution is 0.0698. The third-order valence-corrected chi connectivity index (χ3v) is 6.05. The van der Waals surface area contributed by atoms with Crippen LogP contribution in [0.25, 0.3) is 21.6 Å². The predicted molar refractivity (Wildman–Crippen MR) is 120 cm³/mol. The number of nitrogens with one attached hydrogen (secondary N) is 1. The molecule has 4 aromatic rings. The summed E-state index contributed by atoms with van der Waals surface area (Å²) in [7, 11) is 0. The molecule has 2 aromatic carbocycles. The van der Waals surface area contributed by atoms with Crippen LogP contribution in [0.2, 0.25) is 5.02 Å². The molecule has 0 radical (unpaired) electrons. The summed E-state index contributed by atoms with van der Waals surface area (Å²) >= 11 is 7.80. The van der Waals surface area contributed by atoms with E-state index in [9.17, 15) is 9.90 Å². The van der Waals surface area contributed by atoms with Gasteiger partial charge in [-0.2, -0.15) is 0 Å². The number of aromatic carboxylic acids is 1. The quantitative estimate of drug-likeness (QED) is 0.419. The van der Waals surface area contributed by atoms with Gasteiger partial charge in [0.25, 0.3) is 0 Å². The molecule has 0 atom stereocenters. The fourth-order valence-electron chi connectivity index (χ4n) is 3.44. The second-order valence-electron chi connectivity index (χ2n) is 6.92. The number of benzene rings is 2. The summed E-state index contributed by atoms with van der Waals surface area (Å²) in [5, 5.41) is 16.0. The Hall–Kier alpha value is -3.36. The third kappa shape index (κ3) is 3.87. The van der Waals surface area contributed by atoms with Gasteiger partial charge < -0.3 is 19.9 Å². The smallest absolute Gasteiger partial charge is 0.337 e. The van der Waals surface area contributed by atoms with Gasteiger partial charge in [-0.3, -0.25) is 0 Å². The Kier molecular flexibility index (Phi) is 5.09. The number of carboxylic acids is 1. The lowest BCUT2D eigenvalue weighted by Gasteiger charge is -2.12. The molecule has 0 saturated carbocycles. The predicted octanol–water partition coefficient (Wildman–Crippen LogP) is 5.09. The topological polar surface area (TPSA) is 93.6 Å². The number of anilines is 1. The molecule has 31 heavy (non-hydrogen) atoms. The molecule has 0 aliphatic carbocycles. The van der Waals surface area contributed by atoms with E-state index in [2.05, 4.69) is 15.3 Å². The molecule has 2 N–H and O–H groups in total. The molecule has 0 saturated heterocycles. The first-order valence-electron chi connectivity index (χ1n) is 9.48. The highest BCUT2D eigenvalue weighted by molar-refractivity contribution is 7.16. The van der Waals surface area contributed by atoms with Crippen LogP contribution in [0.3, 0.4) is 0 Å². The van der Waals surface area contributed by atoms with E-state index in [-0.39, 0.29) is 17.4 Å². The molecule has 0 amide bonds. The number of halogens is 1. The van der Waals surface area contributed by atoms with Crippen LogP contribution in [0.1, 0.15) is 15.9 Å². The molecule has 5 rings (SSSR count). The van der Waals surface area contributed by atoms with Crippen molar-refractivity contribution in [3.8, 4) is 22.9 Å². The first-order chi connectivity index (χ1) is 15.1. The van der Waals surface area contributed by atoms with Crippen LogP contribution in [0.4, 0.5) is 5.69 Å². The van der Waals surface area contributed by atoms with Crippen molar-refractivity contribution in [3.63, 3.8) is 0 Å². The van der Waals surface area contributed by atoms with Crippen LogP contribution in [0, 0.1) is 0 Å². The Bertz CT molecular complexity index is 1310. The van der Waals surface area contributed by atoms with E-state index in [0.717, 1.165) is 33.7 Å².